The van der Waals surface area contributed by atoms with Gasteiger partial charge in [-0.1, -0.05) is 206 Å². The van der Waals surface area contributed by atoms with Gasteiger partial charge in [0.1, 0.15) is 0 Å². The average molecular weight is 1030 g/mol. The van der Waals surface area contributed by atoms with Crippen molar-refractivity contribution in [3.63, 3.8) is 0 Å². The third-order valence-corrected chi connectivity index (χ3v) is 14.8. The van der Waals surface area contributed by atoms with Gasteiger partial charge in [-0.05, 0) is 69.2 Å². The van der Waals surface area contributed by atoms with Crippen LogP contribution < -0.4 is 31.8 Å². The van der Waals surface area contributed by atoms with Crippen molar-refractivity contribution in [2.45, 2.75) is 11.0 Å². The second-order valence-electron chi connectivity index (χ2n) is 12.9. The molecule has 330 valence electrons. The Morgan fingerprint density at radius 3 is 0.778 bits per heavy atom. The molecule has 8 rings (SSSR count). The molecule has 8 aromatic carbocycles. The first kappa shape index (κ1) is 50.8. The van der Waals surface area contributed by atoms with Gasteiger partial charge >= 0.3 is 31.3 Å². The number of benzene rings is 8. The summed E-state index contributed by atoms with van der Waals surface area (Å²) in [6.07, 6.45) is 0. The van der Waals surface area contributed by atoms with E-state index in [0.717, 1.165) is 0 Å². The molecule has 6 nitrogen and oxygen atoms in total. The maximum absolute atomic E-state index is 10.7. The number of hydrogen-bond acceptors (Lipinski definition) is 4. The molecule has 0 amide bonds. The maximum atomic E-state index is 10.7. The zero-order valence-electron chi connectivity index (χ0n) is 32.5. The maximum Gasteiger partial charge on any atom is 0.522 e. The molecule has 0 unspecified atom stereocenters. The normalized spacial score (nSPS) is 11.6. The molecule has 0 aliphatic carbocycles. The summed E-state index contributed by atoms with van der Waals surface area (Å²) >= 11 is 0. The van der Waals surface area contributed by atoms with E-state index in [4.69, 9.17) is 25.9 Å². The second-order valence-corrected chi connectivity index (χ2v) is 20.0. The summed E-state index contributed by atoms with van der Waals surface area (Å²) in [4.78, 5) is 0. The molecule has 2 N–H and O–H groups in total. The van der Waals surface area contributed by atoms with Gasteiger partial charge in [-0.25, -0.2) is 0 Å². The molecule has 0 heterocycles. The van der Waals surface area contributed by atoms with Crippen LogP contribution in [0.1, 0.15) is 0 Å². The fourth-order valence-electron chi connectivity index (χ4n) is 5.97. The van der Waals surface area contributed by atoms with E-state index in [1.165, 1.54) is 53.4 Å². The molecule has 0 saturated carbocycles. The van der Waals surface area contributed by atoms with E-state index in [0.29, 0.717) is 0 Å². The molecule has 0 fully saturated rings. The van der Waals surface area contributed by atoms with Crippen molar-refractivity contribution in [2.75, 3.05) is 0 Å². The van der Waals surface area contributed by atoms with Gasteiger partial charge in [0.2, 0.25) is 0 Å². The predicted molar refractivity (Wildman–Crippen MR) is 241 cm³/mol. The fraction of sp³-hybridized carbons (Fsp3) is 0.0435. The Labute approximate surface area is 377 Å². The van der Waals surface area contributed by atoms with Crippen LogP contribution >= 0.6 is 15.8 Å². The second kappa shape index (κ2) is 22.7. The van der Waals surface area contributed by atoms with Gasteiger partial charge in [-0.3, -0.25) is 9.11 Å². The summed E-state index contributed by atoms with van der Waals surface area (Å²) in [7, 11) is -12.8. The number of hydrogen-bond donors (Lipinski definition) is 2. The Morgan fingerprint density at radius 1 is 0.333 bits per heavy atom. The molecular formula is C46H36F6O6P2PdS2. The largest absolute Gasteiger partial charge is 0.522 e. The third kappa shape index (κ3) is 14.1. The van der Waals surface area contributed by atoms with Crippen LogP contribution in [0, 0.1) is 0 Å². The van der Waals surface area contributed by atoms with E-state index < -0.39 is 47.1 Å². The van der Waals surface area contributed by atoms with Crippen molar-refractivity contribution in [1.29, 1.82) is 0 Å². The number of rotatable bonds is 6. The minimum atomic E-state index is -5.84. The molecule has 0 atom stereocenters. The standard InChI is InChI=1S/2C22H17P.2CHF3O3S.Pd/c2*1-3-12-19(13-4-1)23(20-14-5-2-6-15-20)22-17-9-11-18-10-7-8-16-21(18)22;2*2-1(3,4)8(5,6)7;/h2*1-17H;2*(H,5,6,7);. The summed E-state index contributed by atoms with van der Waals surface area (Å²) < 4.78 is 115. The van der Waals surface area contributed by atoms with Crippen molar-refractivity contribution < 1.29 is 72.7 Å². The van der Waals surface area contributed by atoms with Crippen molar-refractivity contribution in [1.82, 2.24) is 0 Å². The summed E-state index contributed by atoms with van der Waals surface area (Å²) in [5, 5.41) is 13.8. The van der Waals surface area contributed by atoms with Crippen molar-refractivity contribution in [3.8, 4) is 0 Å². The van der Waals surface area contributed by atoms with Crippen LogP contribution in [0.3, 0.4) is 0 Å². The van der Waals surface area contributed by atoms with Crippen LogP contribution in [-0.2, 0) is 40.7 Å². The SMILES string of the molecule is O=S(=O)(O)C(F)(F)F.O=S(=O)(O)C(F)(F)F.[Pd].c1ccc(P(c2ccccc2)c2cccc3ccccc23)cc1.c1ccc(P(c2ccccc2)c2cccc3ccccc23)cc1. The van der Waals surface area contributed by atoms with Crippen LogP contribution in [0.4, 0.5) is 26.3 Å². The topological polar surface area (TPSA) is 109 Å². The molecule has 17 heteroatoms. The van der Waals surface area contributed by atoms with Crippen molar-refractivity contribution in [3.05, 3.63) is 206 Å². The first-order chi connectivity index (χ1) is 29.4. The molecule has 0 aromatic heterocycles. The van der Waals surface area contributed by atoms with Gasteiger partial charge in [-0.2, -0.15) is 43.2 Å². The molecular weight excluding hydrogens is 995 g/mol. The van der Waals surface area contributed by atoms with E-state index in [2.05, 4.69) is 206 Å². The van der Waals surface area contributed by atoms with Gasteiger partial charge in [0.25, 0.3) is 0 Å². The average Bonchev–Trinajstić information content (AvgIpc) is 3.25. The first-order valence-electron chi connectivity index (χ1n) is 18.2. The summed E-state index contributed by atoms with van der Waals surface area (Å²) in [5.74, 6) is 0. The molecule has 0 spiro atoms. The fourth-order valence-corrected chi connectivity index (χ4v) is 10.9. The van der Waals surface area contributed by atoms with Crippen LogP contribution in [0.2, 0.25) is 0 Å². The quantitative estimate of drug-likeness (QED) is 0.0565. The monoisotopic (exact) mass is 1030 g/mol. The Hall–Kier alpha value is -4.80. The molecule has 0 radical (unpaired) electrons. The molecule has 0 aliphatic heterocycles. The summed E-state index contributed by atoms with van der Waals surface area (Å²) in [6.45, 7) is 0. The van der Waals surface area contributed by atoms with Gasteiger partial charge in [0, 0.05) is 20.4 Å². The third-order valence-electron chi connectivity index (χ3n) is 8.66. The zero-order chi connectivity index (χ0) is 45.0. The van der Waals surface area contributed by atoms with Gasteiger partial charge < -0.3 is 0 Å². The van der Waals surface area contributed by atoms with Crippen molar-refractivity contribution in [2.24, 2.45) is 0 Å². The summed E-state index contributed by atoms with van der Waals surface area (Å²) in [6, 6.07) is 74.1. The van der Waals surface area contributed by atoms with E-state index in [9.17, 15) is 26.3 Å². The number of halogens is 6. The van der Waals surface area contributed by atoms with E-state index in [-0.39, 0.29) is 20.4 Å². The Kier molecular flexibility index (Phi) is 18.3. The van der Waals surface area contributed by atoms with Gasteiger partial charge in [-0.15, -0.1) is 0 Å². The predicted octanol–water partition coefficient (Wildman–Crippen LogP) is 9.98. The Balaban J connectivity index is 0.000000205. The smallest absolute Gasteiger partial charge is 0.279 e. The zero-order valence-corrected chi connectivity index (χ0v) is 37.4. The Morgan fingerprint density at radius 2 is 0.540 bits per heavy atom. The minimum Gasteiger partial charge on any atom is -0.279 e. The van der Waals surface area contributed by atoms with Crippen LogP contribution in [-0.4, -0.2) is 37.0 Å². The Bertz CT molecular complexity index is 2610. The first-order valence-corrected chi connectivity index (χ1v) is 23.8. The van der Waals surface area contributed by atoms with E-state index in [1.807, 2.05) is 0 Å². The molecule has 0 saturated heterocycles. The molecule has 63 heavy (non-hydrogen) atoms. The summed E-state index contributed by atoms with van der Waals surface area (Å²) in [5.41, 5.74) is -11.1. The van der Waals surface area contributed by atoms with Gasteiger partial charge in [0.05, 0.1) is 0 Å². The molecule has 8 aromatic rings. The van der Waals surface area contributed by atoms with Gasteiger partial charge in [0.15, 0.2) is 0 Å². The minimum absolute atomic E-state index is 0. The number of alkyl halides is 6. The number of fused-ring (bicyclic) bond motifs is 2. The van der Waals surface area contributed by atoms with E-state index in [1.54, 1.807) is 0 Å². The van der Waals surface area contributed by atoms with Crippen LogP contribution in [0.25, 0.3) is 21.5 Å². The van der Waals surface area contributed by atoms with Crippen LogP contribution in [0.15, 0.2) is 206 Å². The van der Waals surface area contributed by atoms with Crippen molar-refractivity contribution >= 4 is 89.5 Å². The van der Waals surface area contributed by atoms with Crippen LogP contribution in [0.5, 0.6) is 0 Å². The molecule has 0 bridgehead atoms. The molecule has 0 aliphatic rings. The van der Waals surface area contributed by atoms with E-state index >= 15 is 0 Å².